The number of allylic oxidation sites excluding steroid dienone is 1. The smallest absolute Gasteiger partial charge is 0.149 e. The van der Waals surface area contributed by atoms with Gasteiger partial charge in [0.1, 0.15) is 17.6 Å². The quantitative estimate of drug-likeness (QED) is 0.514. The van der Waals surface area contributed by atoms with E-state index in [-0.39, 0.29) is 12.4 Å². The molecule has 0 saturated heterocycles. The first-order valence-electron chi connectivity index (χ1n) is 9.69. The Morgan fingerprint density at radius 2 is 1.93 bits per heavy atom. The Balaban J connectivity index is 0.00000300. The zero-order chi connectivity index (χ0) is 20.1. The van der Waals surface area contributed by atoms with Crippen LogP contribution >= 0.6 is 12.4 Å². The number of ether oxygens (including phenoxy) is 1. The summed E-state index contributed by atoms with van der Waals surface area (Å²) in [4.78, 5) is 10.1. The van der Waals surface area contributed by atoms with Gasteiger partial charge in [-0.3, -0.25) is 0 Å². The molecule has 1 heterocycles. The van der Waals surface area contributed by atoms with Gasteiger partial charge in [0.2, 0.25) is 0 Å². The molecule has 0 atom stereocenters. The average molecular weight is 411 g/mol. The summed E-state index contributed by atoms with van der Waals surface area (Å²) in [6, 6.07) is 14.4. The molecule has 0 radical (unpaired) electrons. The number of nitrogens with zero attached hydrogens (tertiary/aromatic N) is 3. The fourth-order valence-corrected chi connectivity index (χ4v) is 3.27. The minimum Gasteiger partial charge on any atom is -0.493 e. The van der Waals surface area contributed by atoms with Crippen LogP contribution in [0.4, 0.5) is 5.69 Å². The van der Waals surface area contributed by atoms with Gasteiger partial charge in [0.25, 0.3) is 0 Å². The van der Waals surface area contributed by atoms with E-state index >= 15 is 0 Å². The number of anilines is 1. The van der Waals surface area contributed by atoms with E-state index in [1.807, 2.05) is 50.3 Å². The van der Waals surface area contributed by atoms with E-state index in [0.29, 0.717) is 18.0 Å². The van der Waals surface area contributed by atoms with Crippen LogP contribution in [-0.4, -0.2) is 29.7 Å². The van der Waals surface area contributed by atoms with Crippen molar-refractivity contribution in [3.63, 3.8) is 0 Å². The molecule has 2 aromatic carbocycles. The maximum atomic E-state index is 9.73. The van der Waals surface area contributed by atoms with Gasteiger partial charge in [-0.2, -0.15) is 5.26 Å². The number of aromatic nitrogens is 2. The Bertz CT molecular complexity index is 1040. The summed E-state index contributed by atoms with van der Waals surface area (Å²) in [5.74, 6) is 1.34. The second-order valence-electron chi connectivity index (χ2n) is 6.60. The number of hydrogen-bond donors (Lipinski definition) is 1. The number of nitriles is 1. The molecule has 0 aliphatic carbocycles. The lowest BCUT2D eigenvalue weighted by atomic mass is 10.1. The summed E-state index contributed by atoms with van der Waals surface area (Å²) in [5, 5.41) is 9.73. The third kappa shape index (κ3) is 4.90. The summed E-state index contributed by atoms with van der Waals surface area (Å²) in [5.41, 5.74) is 5.39. The zero-order valence-corrected chi connectivity index (χ0v) is 18.1. The molecule has 0 aliphatic rings. The van der Waals surface area contributed by atoms with Crippen molar-refractivity contribution in [3.8, 4) is 11.8 Å². The van der Waals surface area contributed by atoms with Gasteiger partial charge in [-0.05, 0) is 63.6 Å². The molecule has 0 bridgehead atoms. The van der Waals surface area contributed by atoms with Crippen molar-refractivity contribution in [2.45, 2.75) is 27.7 Å². The van der Waals surface area contributed by atoms with Crippen molar-refractivity contribution >= 4 is 40.8 Å². The lowest BCUT2D eigenvalue weighted by Gasteiger charge is -2.22. The van der Waals surface area contributed by atoms with E-state index in [0.717, 1.165) is 46.7 Å². The minimum absolute atomic E-state index is 0. The lowest BCUT2D eigenvalue weighted by molar-refractivity contribution is 0.339. The van der Waals surface area contributed by atoms with Crippen LogP contribution in [0.1, 0.15) is 37.7 Å². The molecule has 1 aromatic heterocycles. The Morgan fingerprint density at radius 1 is 1.17 bits per heavy atom. The van der Waals surface area contributed by atoms with Gasteiger partial charge in [-0.25, -0.2) is 4.98 Å². The molecule has 3 rings (SSSR count). The van der Waals surface area contributed by atoms with Crippen LogP contribution in [0.3, 0.4) is 0 Å². The summed E-state index contributed by atoms with van der Waals surface area (Å²) < 4.78 is 5.86. The molecule has 1 N–H and O–H groups in total. The fourth-order valence-electron chi connectivity index (χ4n) is 3.27. The predicted molar refractivity (Wildman–Crippen MR) is 123 cm³/mol. The highest BCUT2D eigenvalue weighted by Crippen LogP contribution is 2.29. The molecule has 6 heteroatoms. The monoisotopic (exact) mass is 410 g/mol. The van der Waals surface area contributed by atoms with Crippen molar-refractivity contribution < 1.29 is 4.74 Å². The van der Waals surface area contributed by atoms with Gasteiger partial charge in [-0.1, -0.05) is 6.07 Å². The van der Waals surface area contributed by atoms with E-state index in [4.69, 9.17) is 4.74 Å². The summed E-state index contributed by atoms with van der Waals surface area (Å²) in [6.45, 7) is 10.7. The van der Waals surface area contributed by atoms with Gasteiger partial charge in [0.05, 0.1) is 23.2 Å². The van der Waals surface area contributed by atoms with E-state index in [2.05, 4.69) is 40.9 Å². The van der Waals surface area contributed by atoms with Gasteiger partial charge in [0.15, 0.2) is 0 Å². The average Bonchev–Trinajstić information content (AvgIpc) is 3.11. The summed E-state index contributed by atoms with van der Waals surface area (Å²) >= 11 is 0. The number of rotatable bonds is 7. The van der Waals surface area contributed by atoms with Crippen LogP contribution in [-0.2, 0) is 0 Å². The number of aromatic amines is 1. The Kier molecular flexibility index (Phi) is 7.69. The van der Waals surface area contributed by atoms with Gasteiger partial charge in [-0.15, -0.1) is 12.4 Å². The number of benzene rings is 2. The number of halogens is 1. The Morgan fingerprint density at radius 3 is 2.59 bits per heavy atom. The maximum Gasteiger partial charge on any atom is 0.149 e. The molecule has 0 saturated carbocycles. The third-order valence-corrected chi connectivity index (χ3v) is 4.74. The Hall–Kier alpha value is -2.97. The first kappa shape index (κ1) is 22.3. The zero-order valence-electron chi connectivity index (χ0n) is 17.3. The number of aryl methyl sites for hydroxylation is 1. The van der Waals surface area contributed by atoms with Crippen molar-refractivity contribution in [1.29, 1.82) is 5.26 Å². The summed E-state index contributed by atoms with van der Waals surface area (Å²) in [6.07, 6.45) is 1.83. The Labute approximate surface area is 178 Å². The number of nitrogens with one attached hydrogen (secondary N) is 1. The molecule has 0 spiro atoms. The third-order valence-electron chi connectivity index (χ3n) is 4.74. The molecule has 29 heavy (non-hydrogen) atoms. The van der Waals surface area contributed by atoms with Crippen LogP contribution in [0.2, 0.25) is 0 Å². The molecule has 152 valence electrons. The largest absolute Gasteiger partial charge is 0.493 e. The molecular weight excluding hydrogens is 384 g/mol. The predicted octanol–water partition coefficient (Wildman–Crippen LogP) is 5.60. The van der Waals surface area contributed by atoms with Gasteiger partial charge < -0.3 is 14.6 Å². The lowest BCUT2D eigenvalue weighted by Crippen LogP contribution is -2.21. The molecular formula is C23H27ClN4O. The topological polar surface area (TPSA) is 64.9 Å². The normalized spacial score (nSPS) is 11.1. The molecule has 0 aliphatic heterocycles. The highest BCUT2D eigenvalue weighted by molar-refractivity contribution is 5.91. The highest BCUT2D eigenvalue weighted by Gasteiger charge is 2.12. The van der Waals surface area contributed by atoms with Crippen molar-refractivity contribution in [1.82, 2.24) is 9.97 Å². The first-order chi connectivity index (χ1) is 13.6. The molecule has 0 fully saturated rings. The number of hydrogen-bond acceptors (Lipinski definition) is 4. The van der Waals surface area contributed by atoms with Crippen LogP contribution in [0.5, 0.6) is 5.75 Å². The van der Waals surface area contributed by atoms with Crippen LogP contribution < -0.4 is 9.64 Å². The van der Waals surface area contributed by atoms with Crippen molar-refractivity contribution in [3.05, 3.63) is 53.3 Å². The molecule has 3 aromatic rings. The second-order valence-corrected chi connectivity index (χ2v) is 6.60. The van der Waals surface area contributed by atoms with Crippen molar-refractivity contribution in [2.24, 2.45) is 0 Å². The van der Waals surface area contributed by atoms with E-state index < -0.39 is 0 Å². The number of fused-ring (bicyclic) bond motifs is 1. The SMILES string of the molecule is CCOc1cc(N(CC)CC)ccc1/C=C(\C#N)c1nc2ccc(C)cc2[nH]1.Cl. The number of H-pyrrole nitrogens is 1. The van der Waals surface area contributed by atoms with E-state index in [9.17, 15) is 5.26 Å². The van der Waals surface area contributed by atoms with Crippen LogP contribution in [0.15, 0.2) is 36.4 Å². The molecule has 5 nitrogen and oxygen atoms in total. The van der Waals surface area contributed by atoms with E-state index in [1.165, 1.54) is 0 Å². The summed E-state index contributed by atoms with van der Waals surface area (Å²) in [7, 11) is 0. The standard InChI is InChI=1S/C23H26N4O.ClH/c1-5-27(6-2)19-10-9-17(22(14-19)28-7-3)13-18(15-24)23-25-20-11-8-16(4)12-21(20)26-23;/h8-14H,5-7H2,1-4H3,(H,25,26);1H/b18-13+;. The van der Waals surface area contributed by atoms with Gasteiger partial charge in [0, 0.05) is 30.4 Å². The fraction of sp³-hybridized carbons (Fsp3) is 0.304. The van der Waals surface area contributed by atoms with Gasteiger partial charge >= 0.3 is 0 Å². The van der Waals surface area contributed by atoms with Crippen molar-refractivity contribution in [2.75, 3.05) is 24.6 Å². The van der Waals surface area contributed by atoms with Crippen LogP contribution in [0, 0.1) is 18.3 Å². The maximum absolute atomic E-state index is 9.73. The molecule has 0 unspecified atom stereocenters. The second kappa shape index (κ2) is 9.99. The highest BCUT2D eigenvalue weighted by atomic mass is 35.5. The first-order valence-corrected chi connectivity index (χ1v) is 9.69. The number of imidazole rings is 1. The minimum atomic E-state index is 0. The van der Waals surface area contributed by atoms with Crippen LogP contribution in [0.25, 0.3) is 22.7 Å². The molecule has 0 amide bonds. The van der Waals surface area contributed by atoms with E-state index in [1.54, 1.807) is 0 Å².